The van der Waals surface area contributed by atoms with Crippen molar-refractivity contribution in [1.29, 1.82) is 0 Å². The van der Waals surface area contributed by atoms with E-state index in [2.05, 4.69) is 41.7 Å². The van der Waals surface area contributed by atoms with Crippen molar-refractivity contribution in [3.63, 3.8) is 0 Å². The number of carbonyl (C=O) groups excluding carboxylic acids is 2. The van der Waals surface area contributed by atoms with Crippen molar-refractivity contribution < 1.29 is 18.4 Å². The molecule has 182 valence electrons. The SMILES string of the molecule is CCC[C@H](NC(=O)Cc1cc(F)cc(F)c1)C(=O)Nc1nc(C)c(C(C)NCCC(C)C)s1. The summed E-state index contributed by atoms with van der Waals surface area (Å²) in [6.07, 6.45) is 1.96. The average Bonchev–Trinajstić information content (AvgIpc) is 3.06. The molecule has 9 heteroatoms. The largest absolute Gasteiger partial charge is 0.344 e. The Bertz CT molecular complexity index is 928. The number of hydrogen-bond acceptors (Lipinski definition) is 5. The van der Waals surface area contributed by atoms with E-state index in [1.54, 1.807) is 0 Å². The number of hydrogen-bond donors (Lipinski definition) is 3. The predicted octanol–water partition coefficient (Wildman–Crippen LogP) is 4.89. The van der Waals surface area contributed by atoms with E-state index in [-0.39, 0.29) is 23.9 Å². The summed E-state index contributed by atoms with van der Waals surface area (Å²) in [5.74, 6) is -1.72. The van der Waals surface area contributed by atoms with Gasteiger partial charge in [0.15, 0.2) is 5.13 Å². The molecule has 1 heterocycles. The molecule has 0 aliphatic rings. The first kappa shape index (κ1) is 26.9. The van der Waals surface area contributed by atoms with Crippen molar-refractivity contribution in [2.75, 3.05) is 11.9 Å². The van der Waals surface area contributed by atoms with Gasteiger partial charge in [-0.15, -0.1) is 0 Å². The number of amides is 2. The number of anilines is 1. The molecule has 1 aromatic carbocycles. The molecule has 0 bridgehead atoms. The maximum absolute atomic E-state index is 13.4. The number of benzene rings is 1. The summed E-state index contributed by atoms with van der Waals surface area (Å²) in [6.45, 7) is 11.1. The van der Waals surface area contributed by atoms with Crippen LogP contribution in [0.3, 0.4) is 0 Å². The second kappa shape index (κ2) is 12.7. The van der Waals surface area contributed by atoms with E-state index in [0.29, 0.717) is 23.9 Å². The summed E-state index contributed by atoms with van der Waals surface area (Å²) in [6, 6.07) is 2.31. The van der Waals surface area contributed by atoms with Crippen molar-refractivity contribution in [2.24, 2.45) is 5.92 Å². The van der Waals surface area contributed by atoms with Gasteiger partial charge in [0.1, 0.15) is 17.7 Å². The van der Waals surface area contributed by atoms with Crippen LogP contribution in [0.4, 0.5) is 13.9 Å². The molecule has 2 atom stereocenters. The quantitative estimate of drug-likeness (QED) is 0.404. The van der Waals surface area contributed by atoms with Gasteiger partial charge in [0.25, 0.3) is 0 Å². The Morgan fingerprint density at radius 2 is 1.76 bits per heavy atom. The van der Waals surface area contributed by atoms with Crippen LogP contribution in [-0.4, -0.2) is 29.4 Å². The third kappa shape index (κ3) is 8.81. The highest BCUT2D eigenvalue weighted by molar-refractivity contribution is 7.16. The van der Waals surface area contributed by atoms with Crippen molar-refractivity contribution in [2.45, 2.75) is 72.4 Å². The highest BCUT2D eigenvalue weighted by Crippen LogP contribution is 2.28. The molecular weight excluding hydrogens is 446 g/mol. The van der Waals surface area contributed by atoms with Gasteiger partial charge in [0, 0.05) is 17.0 Å². The van der Waals surface area contributed by atoms with Gasteiger partial charge in [0.2, 0.25) is 11.8 Å². The van der Waals surface area contributed by atoms with Gasteiger partial charge in [-0.1, -0.05) is 38.5 Å². The molecule has 0 aliphatic carbocycles. The van der Waals surface area contributed by atoms with Crippen LogP contribution < -0.4 is 16.0 Å². The van der Waals surface area contributed by atoms with Crippen LogP contribution in [-0.2, 0) is 16.0 Å². The normalized spacial score (nSPS) is 13.1. The predicted molar refractivity (Wildman–Crippen MR) is 128 cm³/mol. The fourth-order valence-electron chi connectivity index (χ4n) is 3.44. The number of rotatable bonds is 12. The summed E-state index contributed by atoms with van der Waals surface area (Å²) in [5, 5.41) is 9.45. The van der Waals surface area contributed by atoms with E-state index in [1.165, 1.54) is 11.3 Å². The number of aromatic nitrogens is 1. The van der Waals surface area contributed by atoms with E-state index >= 15 is 0 Å². The van der Waals surface area contributed by atoms with Crippen LogP contribution in [0.15, 0.2) is 18.2 Å². The summed E-state index contributed by atoms with van der Waals surface area (Å²) in [4.78, 5) is 30.8. The molecule has 0 aliphatic heterocycles. The first-order chi connectivity index (χ1) is 15.6. The fourth-order valence-corrected chi connectivity index (χ4v) is 4.43. The van der Waals surface area contributed by atoms with Crippen molar-refractivity contribution in [3.05, 3.63) is 46.0 Å². The lowest BCUT2D eigenvalue weighted by Gasteiger charge is -2.17. The molecule has 1 aromatic heterocycles. The van der Waals surface area contributed by atoms with Gasteiger partial charge in [-0.3, -0.25) is 9.59 Å². The van der Waals surface area contributed by atoms with Crippen molar-refractivity contribution in [3.8, 4) is 0 Å². The lowest BCUT2D eigenvalue weighted by atomic mass is 10.1. The molecule has 2 rings (SSSR count). The Morgan fingerprint density at radius 1 is 1.09 bits per heavy atom. The first-order valence-electron chi connectivity index (χ1n) is 11.3. The summed E-state index contributed by atoms with van der Waals surface area (Å²) in [7, 11) is 0. The van der Waals surface area contributed by atoms with E-state index in [9.17, 15) is 18.4 Å². The zero-order chi connectivity index (χ0) is 24.5. The third-order valence-electron chi connectivity index (χ3n) is 5.14. The van der Waals surface area contributed by atoms with Crippen molar-refractivity contribution in [1.82, 2.24) is 15.6 Å². The third-order valence-corrected chi connectivity index (χ3v) is 6.40. The van der Waals surface area contributed by atoms with Gasteiger partial charge < -0.3 is 16.0 Å². The van der Waals surface area contributed by atoms with Crippen LogP contribution in [0.1, 0.15) is 69.1 Å². The smallest absolute Gasteiger partial charge is 0.248 e. The monoisotopic (exact) mass is 480 g/mol. The molecule has 0 fully saturated rings. The zero-order valence-electron chi connectivity index (χ0n) is 19.9. The molecular formula is C24H34F2N4O2S. The van der Waals surface area contributed by atoms with Crippen LogP contribution >= 0.6 is 11.3 Å². The summed E-state index contributed by atoms with van der Waals surface area (Å²) < 4.78 is 26.8. The van der Waals surface area contributed by atoms with Crippen LogP contribution in [0, 0.1) is 24.5 Å². The van der Waals surface area contributed by atoms with Crippen molar-refractivity contribution >= 4 is 28.3 Å². The van der Waals surface area contributed by atoms with E-state index in [1.807, 2.05) is 13.8 Å². The Labute approximate surface area is 198 Å². The molecule has 0 saturated carbocycles. The fraction of sp³-hybridized carbons (Fsp3) is 0.542. The average molecular weight is 481 g/mol. The maximum Gasteiger partial charge on any atom is 0.248 e. The van der Waals surface area contributed by atoms with Crippen LogP contribution in [0.5, 0.6) is 0 Å². The highest BCUT2D eigenvalue weighted by atomic mass is 32.1. The number of nitrogens with one attached hydrogen (secondary N) is 3. The molecule has 0 saturated heterocycles. The van der Waals surface area contributed by atoms with Gasteiger partial charge in [-0.2, -0.15) is 0 Å². The van der Waals surface area contributed by atoms with Gasteiger partial charge in [-0.25, -0.2) is 13.8 Å². The minimum absolute atomic E-state index is 0.115. The minimum Gasteiger partial charge on any atom is -0.344 e. The van der Waals surface area contributed by atoms with Gasteiger partial charge in [-0.05, 0) is 56.8 Å². The minimum atomic E-state index is -0.768. The number of halogens is 2. The number of aryl methyl sites for hydroxylation is 1. The molecule has 2 amide bonds. The van der Waals surface area contributed by atoms with Gasteiger partial charge >= 0.3 is 0 Å². The summed E-state index contributed by atoms with van der Waals surface area (Å²) >= 11 is 1.41. The Balaban J connectivity index is 1.99. The lowest BCUT2D eigenvalue weighted by Crippen LogP contribution is -2.44. The molecule has 2 aromatic rings. The molecule has 0 spiro atoms. The van der Waals surface area contributed by atoms with Gasteiger partial charge in [0.05, 0.1) is 12.1 Å². The molecule has 3 N–H and O–H groups in total. The molecule has 33 heavy (non-hydrogen) atoms. The standard InChI is InChI=1S/C24H34F2N4O2S/c1-6-7-20(29-21(31)12-17-10-18(25)13-19(26)11-17)23(32)30-24-28-16(5)22(33-24)15(4)27-9-8-14(2)3/h10-11,13-15,20,27H,6-9,12H2,1-5H3,(H,29,31)(H,28,30,32)/t15?,20-/m0/s1. The highest BCUT2D eigenvalue weighted by Gasteiger charge is 2.23. The number of nitrogens with zero attached hydrogens (tertiary/aromatic N) is 1. The summed E-state index contributed by atoms with van der Waals surface area (Å²) in [5.41, 5.74) is 1.06. The maximum atomic E-state index is 13.4. The lowest BCUT2D eigenvalue weighted by molar-refractivity contribution is -0.126. The first-order valence-corrected chi connectivity index (χ1v) is 12.2. The molecule has 0 radical (unpaired) electrons. The van der Waals surface area contributed by atoms with Crippen LogP contribution in [0.25, 0.3) is 0 Å². The second-order valence-corrected chi connectivity index (χ2v) is 9.71. The van der Waals surface area contributed by atoms with E-state index in [0.717, 1.165) is 41.7 Å². The molecule has 1 unspecified atom stereocenters. The van der Waals surface area contributed by atoms with E-state index < -0.39 is 23.6 Å². The second-order valence-electron chi connectivity index (χ2n) is 8.68. The van der Waals surface area contributed by atoms with E-state index in [4.69, 9.17) is 0 Å². The molecule has 6 nitrogen and oxygen atoms in total. The number of carbonyl (C=O) groups is 2. The number of thiazole rings is 1. The Morgan fingerprint density at radius 3 is 2.36 bits per heavy atom. The van der Waals surface area contributed by atoms with Crippen LogP contribution in [0.2, 0.25) is 0 Å². The Kier molecular flexibility index (Phi) is 10.4. The topological polar surface area (TPSA) is 83.1 Å². The Hall–Kier alpha value is -2.39. The zero-order valence-corrected chi connectivity index (χ0v) is 20.7.